The molecule has 6 heteroatoms. The molecule has 0 aliphatic carbocycles. The van der Waals surface area contributed by atoms with Crippen molar-refractivity contribution >= 4 is 14.5 Å². The first kappa shape index (κ1) is 20.1. The average Bonchev–Trinajstić information content (AvgIpc) is 2.37. The van der Waals surface area contributed by atoms with E-state index in [4.69, 9.17) is 8.85 Å². The van der Waals surface area contributed by atoms with Crippen LogP contribution in [-0.2, 0) is 13.6 Å². The van der Waals surface area contributed by atoms with Gasteiger partial charge in [-0.2, -0.15) is 0 Å². The smallest absolute Gasteiger partial charge is 0.395 e. The molecule has 21 heavy (non-hydrogen) atoms. The molecule has 0 rings (SSSR count). The molecule has 1 amide bonds. The molecule has 0 fully saturated rings. The summed E-state index contributed by atoms with van der Waals surface area (Å²) in [5, 5.41) is 0. The van der Waals surface area contributed by atoms with Crippen molar-refractivity contribution in [1.82, 2.24) is 4.90 Å². The van der Waals surface area contributed by atoms with Crippen molar-refractivity contribution < 1.29 is 18.0 Å². The van der Waals surface area contributed by atoms with Crippen LogP contribution < -0.4 is 0 Å². The van der Waals surface area contributed by atoms with Gasteiger partial charge in [-0.15, -0.1) is 0 Å². The summed E-state index contributed by atoms with van der Waals surface area (Å²) in [7, 11) is -0.444. The Morgan fingerprint density at radius 2 is 2.00 bits per heavy atom. The van der Waals surface area contributed by atoms with E-state index in [0.29, 0.717) is 38.2 Å². The van der Waals surface area contributed by atoms with Crippen LogP contribution in [0.25, 0.3) is 0 Å². The van der Waals surface area contributed by atoms with Crippen LogP contribution in [0.1, 0.15) is 39.5 Å². The summed E-state index contributed by atoms with van der Waals surface area (Å²) in [6.45, 7) is 10.5. The van der Waals surface area contributed by atoms with Gasteiger partial charge >= 0.3 is 8.56 Å². The Morgan fingerprint density at radius 3 is 2.52 bits per heavy atom. The van der Waals surface area contributed by atoms with Gasteiger partial charge in [0.1, 0.15) is 0 Å². The highest BCUT2D eigenvalue weighted by Gasteiger charge is 2.32. The largest absolute Gasteiger partial charge is 0.525 e. The molecular weight excluding hydrogens is 289 g/mol. The minimum absolute atomic E-state index is 0.0732. The van der Waals surface area contributed by atoms with E-state index < -0.39 is 8.56 Å². The summed E-state index contributed by atoms with van der Waals surface area (Å²) in [6.07, 6.45) is 2.33. The normalized spacial score (nSPS) is 13.6. The van der Waals surface area contributed by atoms with Crippen molar-refractivity contribution in [2.45, 2.75) is 52.1 Å². The van der Waals surface area contributed by atoms with Gasteiger partial charge in [-0.25, -0.2) is 0 Å². The lowest BCUT2D eigenvalue weighted by atomic mass is 10.2. The Morgan fingerprint density at radius 1 is 1.33 bits per heavy atom. The molecule has 4 nitrogen and oxygen atoms in total. The molecule has 0 aliphatic rings. The Bertz CT molecular complexity index is 328. The molecule has 124 valence electrons. The van der Waals surface area contributed by atoms with Gasteiger partial charge in [-0.3, -0.25) is 9.18 Å². The number of hydrogen-bond donors (Lipinski definition) is 0. The molecule has 0 aromatic heterocycles. The molecule has 0 aliphatic heterocycles. The molecule has 0 aromatic carbocycles. The number of hydrogen-bond acceptors (Lipinski definition) is 3. The molecule has 1 atom stereocenters. The van der Waals surface area contributed by atoms with E-state index in [1.165, 1.54) is 0 Å². The van der Waals surface area contributed by atoms with Crippen LogP contribution >= 0.6 is 0 Å². The molecule has 0 aromatic rings. The number of carbonyl (C=O) groups excluding carboxylic acids is 1. The highest BCUT2D eigenvalue weighted by Crippen LogP contribution is 2.19. The van der Waals surface area contributed by atoms with Crippen LogP contribution in [0, 0.1) is 0 Å². The van der Waals surface area contributed by atoms with Gasteiger partial charge in [0, 0.05) is 32.7 Å². The number of carbonyl (C=O) groups is 1. The second-order valence-electron chi connectivity index (χ2n) is 5.44. The molecule has 0 bridgehead atoms. The highest BCUT2D eigenvalue weighted by atomic mass is 28.4. The van der Waals surface area contributed by atoms with E-state index in [9.17, 15) is 9.18 Å². The van der Waals surface area contributed by atoms with Crippen LogP contribution in [0.2, 0.25) is 12.6 Å². The summed E-state index contributed by atoms with van der Waals surface area (Å²) in [6, 6.07) is 0.815. The monoisotopic (exact) mass is 319 g/mol. The minimum Gasteiger partial charge on any atom is -0.525 e. The molecule has 0 heterocycles. The summed E-state index contributed by atoms with van der Waals surface area (Å²) in [5.74, 6) is 0.748. The van der Waals surface area contributed by atoms with Gasteiger partial charge in [0.25, 0.3) is 0 Å². The van der Waals surface area contributed by atoms with Crippen LogP contribution in [0.4, 0.5) is 4.39 Å². The van der Waals surface area contributed by atoms with Gasteiger partial charge < -0.3 is 13.8 Å². The summed E-state index contributed by atoms with van der Waals surface area (Å²) >= 11 is 0. The maximum atomic E-state index is 12.0. The summed E-state index contributed by atoms with van der Waals surface area (Å²) in [5.41, 5.74) is 0. The number of nitrogens with zero attached hydrogens (tertiary/aromatic N) is 1. The van der Waals surface area contributed by atoms with E-state index in [1.807, 2.05) is 20.4 Å². The molecule has 0 saturated heterocycles. The number of unbranched alkanes of at least 4 members (excludes halogenated alkanes) is 1. The van der Waals surface area contributed by atoms with Crippen molar-refractivity contribution in [2.75, 3.05) is 26.9 Å². The topological polar surface area (TPSA) is 38.8 Å². The number of amides is 1. The Kier molecular flexibility index (Phi) is 10.3. The summed E-state index contributed by atoms with van der Waals surface area (Å²) < 4.78 is 23.5. The van der Waals surface area contributed by atoms with E-state index in [2.05, 4.69) is 6.58 Å². The standard InChI is InChI=1S/C15H30FNO3Si/c1-6-19-21(5,20-14(2)3)13-9-12-17(4)15(18)10-7-8-11-16/h2,6-13H2,1,3-5H3. The third-order valence-corrected chi connectivity index (χ3v) is 6.11. The average molecular weight is 319 g/mol. The Labute approximate surface area is 129 Å². The van der Waals surface area contributed by atoms with E-state index in [1.54, 1.807) is 11.9 Å². The molecule has 0 N–H and O–H groups in total. The van der Waals surface area contributed by atoms with Crippen molar-refractivity contribution in [1.29, 1.82) is 0 Å². The lowest BCUT2D eigenvalue weighted by molar-refractivity contribution is -0.130. The number of alkyl halides is 1. The van der Waals surface area contributed by atoms with E-state index in [-0.39, 0.29) is 12.6 Å². The maximum Gasteiger partial charge on any atom is 0.395 e. The van der Waals surface area contributed by atoms with Crippen LogP contribution in [0.15, 0.2) is 12.3 Å². The Hall–Kier alpha value is -0.883. The lowest BCUT2D eigenvalue weighted by Gasteiger charge is -2.28. The Balaban J connectivity index is 4.12. The second-order valence-corrected chi connectivity index (χ2v) is 8.70. The fourth-order valence-corrected chi connectivity index (χ4v) is 4.60. The molecular formula is C15H30FNO3Si. The first-order chi connectivity index (χ1) is 9.84. The van der Waals surface area contributed by atoms with Crippen LogP contribution in [0.5, 0.6) is 0 Å². The van der Waals surface area contributed by atoms with Gasteiger partial charge in [0.05, 0.1) is 12.4 Å². The predicted molar refractivity (Wildman–Crippen MR) is 86.0 cm³/mol. The number of halogens is 1. The fraction of sp³-hybridized carbons (Fsp3) is 0.800. The predicted octanol–water partition coefficient (Wildman–Crippen LogP) is 3.63. The van der Waals surface area contributed by atoms with Gasteiger partial charge in [-0.1, -0.05) is 6.58 Å². The van der Waals surface area contributed by atoms with Crippen molar-refractivity contribution in [2.24, 2.45) is 0 Å². The zero-order valence-corrected chi connectivity index (χ0v) is 14.9. The third-order valence-electron chi connectivity index (χ3n) is 3.16. The van der Waals surface area contributed by atoms with Gasteiger partial charge in [-0.05, 0) is 39.7 Å². The zero-order chi connectivity index (χ0) is 16.3. The molecule has 0 radical (unpaired) electrons. The molecule has 1 unspecified atom stereocenters. The molecule has 0 spiro atoms. The van der Waals surface area contributed by atoms with Gasteiger partial charge in [0.15, 0.2) is 0 Å². The van der Waals surface area contributed by atoms with Crippen LogP contribution in [-0.4, -0.2) is 46.2 Å². The van der Waals surface area contributed by atoms with Crippen molar-refractivity contribution in [3.63, 3.8) is 0 Å². The first-order valence-corrected chi connectivity index (χ1v) is 10.2. The number of allylic oxidation sites excluding steroid dienone is 1. The third kappa shape index (κ3) is 9.63. The lowest BCUT2D eigenvalue weighted by Crippen LogP contribution is -2.39. The van der Waals surface area contributed by atoms with Crippen molar-refractivity contribution in [3.05, 3.63) is 12.3 Å². The second kappa shape index (κ2) is 10.8. The van der Waals surface area contributed by atoms with Crippen LogP contribution in [0.3, 0.4) is 0 Å². The van der Waals surface area contributed by atoms with Gasteiger partial charge in [0.2, 0.25) is 5.91 Å². The number of rotatable bonds is 12. The molecule has 0 saturated carbocycles. The quantitative estimate of drug-likeness (QED) is 0.313. The summed E-state index contributed by atoms with van der Waals surface area (Å²) in [4.78, 5) is 13.5. The first-order valence-electron chi connectivity index (χ1n) is 7.63. The maximum absolute atomic E-state index is 12.0. The fourth-order valence-electron chi connectivity index (χ4n) is 2.15. The zero-order valence-electron chi connectivity index (χ0n) is 13.9. The minimum atomic E-state index is -2.23. The van der Waals surface area contributed by atoms with E-state index >= 15 is 0 Å². The highest BCUT2D eigenvalue weighted by molar-refractivity contribution is 6.66. The SMILES string of the molecule is C=C(C)O[Si](C)(CCCN(C)C(=O)CCCCF)OCC. The van der Waals surface area contributed by atoms with E-state index in [0.717, 1.165) is 12.5 Å². The van der Waals surface area contributed by atoms with Crippen molar-refractivity contribution in [3.8, 4) is 0 Å².